The number of carbonyl (C=O) groups excluding carboxylic acids is 2. The maximum Gasteiger partial charge on any atom is 1.00 e. The van der Waals surface area contributed by atoms with Gasteiger partial charge in [0.2, 0.25) is 5.91 Å². The van der Waals surface area contributed by atoms with E-state index in [0.29, 0.717) is 21.8 Å². The molecule has 0 aliphatic heterocycles. The van der Waals surface area contributed by atoms with Gasteiger partial charge in [-0.25, -0.2) is 8.78 Å². The van der Waals surface area contributed by atoms with Crippen LogP contribution in [0.25, 0.3) is 21.8 Å². The molecular weight excluding hydrogens is 417 g/mol. The topological polar surface area (TPSA) is 97.4 Å². The molecule has 0 spiro atoms. The molecule has 0 bridgehead atoms. The number of nitrogens with two attached hydrogens (primary N) is 1. The van der Waals surface area contributed by atoms with Crippen molar-refractivity contribution < 1.29 is 57.8 Å². The summed E-state index contributed by atoms with van der Waals surface area (Å²) in [4.78, 5) is 22.9. The van der Waals surface area contributed by atoms with Gasteiger partial charge in [-0.15, -0.1) is 0 Å². The minimum absolute atomic E-state index is 0. The summed E-state index contributed by atoms with van der Waals surface area (Å²) >= 11 is 0. The molecule has 0 saturated carbocycles. The van der Waals surface area contributed by atoms with E-state index < -0.39 is 30.1 Å². The molecule has 9 heteroatoms. The number of fused-ring (bicyclic) bond motifs is 3. The minimum Gasteiger partial charge on any atom is -0.546 e. The summed E-state index contributed by atoms with van der Waals surface area (Å²) in [6, 6.07) is 13.3. The number of amides is 1. The van der Waals surface area contributed by atoms with Crippen molar-refractivity contribution in [2.75, 3.05) is 6.61 Å². The Morgan fingerprint density at radius 2 is 1.52 bits per heavy atom. The molecule has 0 radical (unpaired) electrons. The van der Waals surface area contributed by atoms with E-state index in [0.717, 1.165) is 12.1 Å². The van der Waals surface area contributed by atoms with Crippen molar-refractivity contribution in [3.8, 4) is 5.75 Å². The van der Waals surface area contributed by atoms with Crippen molar-refractivity contribution in [3.63, 3.8) is 0 Å². The summed E-state index contributed by atoms with van der Waals surface area (Å²) in [7, 11) is 0. The molecule has 3 aromatic carbocycles. The van der Waals surface area contributed by atoms with Crippen LogP contribution in [-0.2, 0) is 11.3 Å². The molecule has 2 N–H and O–H groups in total. The molecule has 0 fully saturated rings. The van der Waals surface area contributed by atoms with Crippen LogP contribution in [0.4, 0.5) is 8.78 Å². The van der Waals surface area contributed by atoms with Crippen LogP contribution in [0.5, 0.6) is 5.75 Å². The Hall–Kier alpha value is -2.94. The second-order valence-electron chi connectivity index (χ2n) is 6.66. The third-order valence-corrected chi connectivity index (χ3v) is 4.87. The predicted molar refractivity (Wildman–Crippen MR) is 104 cm³/mol. The van der Waals surface area contributed by atoms with E-state index >= 15 is 0 Å². The van der Waals surface area contributed by atoms with E-state index in [1.807, 2.05) is 0 Å². The molecule has 152 valence electrons. The molecule has 4 rings (SSSR count). The van der Waals surface area contributed by atoms with Crippen LogP contribution in [0, 0.1) is 11.6 Å². The van der Waals surface area contributed by atoms with E-state index in [1.165, 1.54) is 18.2 Å². The number of benzene rings is 3. The molecule has 1 aromatic heterocycles. The molecule has 1 heterocycles. The molecule has 0 saturated heterocycles. The molecule has 0 atom stereocenters. The first-order valence-electron chi connectivity index (χ1n) is 8.97. The van der Waals surface area contributed by atoms with E-state index in [1.54, 1.807) is 28.8 Å². The zero-order valence-corrected chi connectivity index (χ0v) is 18.5. The van der Waals surface area contributed by atoms with Crippen LogP contribution in [0.1, 0.15) is 15.9 Å². The molecule has 1 amide bonds. The van der Waals surface area contributed by atoms with Crippen LogP contribution in [0.15, 0.2) is 54.6 Å². The Labute approximate surface area is 197 Å². The summed E-state index contributed by atoms with van der Waals surface area (Å²) in [5.74, 6) is -3.35. The molecule has 0 unspecified atom stereocenters. The van der Waals surface area contributed by atoms with Crippen molar-refractivity contribution in [1.29, 1.82) is 0 Å². The summed E-state index contributed by atoms with van der Waals surface area (Å²) in [5.41, 5.74) is 6.56. The van der Waals surface area contributed by atoms with Gasteiger partial charge in [-0.05, 0) is 36.4 Å². The monoisotopic (exact) mass is 432 g/mol. The van der Waals surface area contributed by atoms with Gasteiger partial charge >= 0.3 is 29.6 Å². The number of carboxylic acid groups (broad SMARTS) is 1. The number of hydrogen-bond donors (Lipinski definition) is 1. The molecule has 6 nitrogen and oxygen atoms in total. The fourth-order valence-corrected chi connectivity index (χ4v) is 3.63. The van der Waals surface area contributed by atoms with Crippen molar-refractivity contribution in [1.82, 2.24) is 4.57 Å². The Morgan fingerprint density at radius 3 is 2.13 bits per heavy atom. The average molecular weight is 432 g/mol. The molecular formula is C22H15F2N2NaO4. The quantitative estimate of drug-likeness (QED) is 0.410. The number of primary amides is 1. The summed E-state index contributed by atoms with van der Waals surface area (Å²) in [6.45, 7) is -0.864. The van der Waals surface area contributed by atoms with Gasteiger partial charge in [-0.1, -0.05) is 18.2 Å². The minimum atomic E-state index is -1.42. The fourth-order valence-electron chi connectivity index (χ4n) is 3.63. The average Bonchev–Trinajstić information content (AvgIpc) is 3.03. The third-order valence-electron chi connectivity index (χ3n) is 4.87. The molecule has 0 aliphatic carbocycles. The number of aliphatic carboxylic acids is 1. The van der Waals surface area contributed by atoms with Crippen LogP contribution in [-0.4, -0.2) is 23.1 Å². The predicted octanol–water partition coefficient (Wildman–Crippen LogP) is -0.647. The van der Waals surface area contributed by atoms with Gasteiger partial charge in [0.25, 0.3) is 0 Å². The summed E-state index contributed by atoms with van der Waals surface area (Å²) in [6.07, 6.45) is 0. The first-order chi connectivity index (χ1) is 14.4. The molecule has 4 aromatic rings. The number of hydrogen-bond acceptors (Lipinski definition) is 4. The van der Waals surface area contributed by atoms with E-state index in [4.69, 9.17) is 10.5 Å². The van der Waals surface area contributed by atoms with Crippen LogP contribution < -0.4 is 45.1 Å². The Bertz CT molecular complexity index is 1300. The SMILES string of the molecule is NC(=O)c1cccc2c1c1c(OCC(=O)[O-])cccc1n2Cc1c(F)cccc1F.[Na+]. The molecule has 31 heavy (non-hydrogen) atoms. The number of aromatic nitrogens is 1. The Balaban J connectivity index is 0.00000272. The van der Waals surface area contributed by atoms with E-state index in [9.17, 15) is 23.5 Å². The number of carbonyl (C=O) groups is 2. The number of rotatable bonds is 6. The normalized spacial score (nSPS) is 10.8. The van der Waals surface area contributed by atoms with Crippen molar-refractivity contribution in [2.24, 2.45) is 5.73 Å². The maximum absolute atomic E-state index is 14.3. The first-order valence-corrected chi connectivity index (χ1v) is 8.97. The van der Waals surface area contributed by atoms with E-state index in [2.05, 4.69) is 0 Å². The van der Waals surface area contributed by atoms with Crippen LogP contribution in [0.3, 0.4) is 0 Å². The van der Waals surface area contributed by atoms with Crippen molar-refractivity contribution >= 4 is 33.7 Å². The van der Waals surface area contributed by atoms with Gasteiger partial charge in [0.05, 0.1) is 28.9 Å². The zero-order chi connectivity index (χ0) is 21.4. The number of carboxylic acids is 1. The number of halogens is 2. The summed E-state index contributed by atoms with van der Waals surface area (Å²) in [5, 5.41) is 11.7. The summed E-state index contributed by atoms with van der Waals surface area (Å²) < 4.78 is 35.6. The van der Waals surface area contributed by atoms with E-state index in [-0.39, 0.29) is 53.0 Å². The second-order valence-corrected chi connectivity index (χ2v) is 6.66. The zero-order valence-electron chi connectivity index (χ0n) is 16.5. The largest absolute Gasteiger partial charge is 1.00 e. The van der Waals surface area contributed by atoms with Gasteiger partial charge in [0, 0.05) is 16.5 Å². The van der Waals surface area contributed by atoms with Gasteiger partial charge in [0.15, 0.2) is 0 Å². The third kappa shape index (κ3) is 4.14. The van der Waals surface area contributed by atoms with Crippen LogP contribution >= 0.6 is 0 Å². The Kier molecular flexibility index (Phi) is 6.64. The van der Waals surface area contributed by atoms with Gasteiger partial charge in [0.1, 0.15) is 24.0 Å². The van der Waals surface area contributed by atoms with Crippen molar-refractivity contribution in [2.45, 2.75) is 6.54 Å². The molecule has 0 aliphatic rings. The number of ether oxygens (including phenoxy) is 1. The van der Waals surface area contributed by atoms with Gasteiger partial charge < -0.3 is 24.9 Å². The first kappa shape index (κ1) is 22.7. The van der Waals surface area contributed by atoms with Gasteiger partial charge in [-0.3, -0.25) is 4.79 Å². The number of nitrogens with zero attached hydrogens (tertiary/aromatic N) is 1. The standard InChI is InChI=1S/C22H16F2N2O4.Na/c23-14-5-2-6-15(24)13(14)10-26-16-7-1-4-12(22(25)29)20(16)21-17(26)8-3-9-18(21)30-11-19(27)28;/h1-9H,10-11H2,(H2,25,29)(H,27,28);/q;+1/p-1. The Morgan fingerprint density at radius 1 is 0.935 bits per heavy atom. The van der Waals surface area contributed by atoms with Gasteiger partial charge in [-0.2, -0.15) is 0 Å². The fraction of sp³-hybridized carbons (Fsp3) is 0.0909. The van der Waals surface area contributed by atoms with Crippen molar-refractivity contribution in [3.05, 3.63) is 77.4 Å². The maximum atomic E-state index is 14.3. The smallest absolute Gasteiger partial charge is 0.546 e. The second kappa shape index (κ2) is 9.05. The van der Waals surface area contributed by atoms with Crippen LogP contribution in [0.2, 0.25) is 0 Å².